The third-order valence-corrected chi connectivity index (χ3v) is 4.71. The highest BCUT2D eigenvalue weighted by Gasteiger charge is 2.05. The van der Waals surface area contributed by atoms with E-state index in [4.69, 9.17) is 4.74 Å². The van der Waals surface area contributed by atoms with E-state index in [0.717, 1.165) is 31.9 Å². The number of rotatable bonds is 7. The van der Waals surface area contributed by atoms with Crippen LogP contribution in [0.5, 0.6) is 5.75 Å². The van der Waals surface area contributed by atoms with Crippen molar-refractivity contribution in [2.45, 2.75) is 13.0 Å². The van der Waals surface area contributed by atoms with Gasteiger partial charge in [0.2, 0.25) is 0 Å². The molecule has 0 saturated heterocycles. The number of hydrogen-bond donors (Lipinski definition) is 0. The molecule has 0 N–H and O–H groups in total. The van der Waals surface area contributed by atoms with Crippen LogP contribution in [0, 0.1) is 0 Å². The lowest BCUT2D eigenvalue weighted by molar-refractivity contribution is 0.259. The van der Waals surface area contributed by atoms with E-state index in [1.54, 1.807) is 11.3 Å². The van der Waals surface area contributed by atoms with E-state index < -0.39 is 0 Å². The predicted octanol–water partition coefficient (Wildman–Crippen LogP) is 4.41. The summed E-state index contributed by atoms with van der Waals surface area (Å²) in [4.78, 5) is 3.71. The summed E-state index contributed by atoms with van der Waals surface area (Å²) in [5, 5.41) is 2.12. The summed E-state index contributed by atoms with van der Waals surface area (Å²) in [5.74, 6) is 0.950. The van der Waals surface area contributed by atoms with Gasteiger partial charge < -0.3 is 9.64 Å². The monoisotopic (exact) mass is 339 g/mol. The molecule has 1 aromatic heterocycles. The summed E-state index contributed by atoms with van der Waals surface area (Å²) >= 11 is 5.36. The molecule has 2 nitrogen and oxygen atoms in total. The van der Waals surface area contributed by atoms with Gasteiger partial charge in [0.15, 0.2) is 0 Å². The Morgan fingerprint density at radius 3 is 2.68 bits per heavy atom. The summed E-state index contributed by atoms with van der Waals surface area (Å²) in [6.45, 7) is 2.79. The van der Waals surface area contributed by atoms with Crippen LogP contribution in [-0.4, -0.2) is 25.1 Å². The van der Waals surface area contributed by atoms with Crippen LogP contribution in [0.2, 0.25) is 0 Å². The zero-order valence-corrected chi connectivity index (χ0v) is 13.4. The zero-order valence-electron chi connectivity index (χ0n) is 11.0. The first-order valence-electron chi connectivity index (χ1n) is 6.34. The highest BCUT2D eigenvalue weighted by atomic mass is 79.9. The Balaban J connectivity index is 1.64. The van der Waals surface area contributed by atoms with Gasteiger partial charge in [-0.2, -0.15) is 0 Å². The van der Waals surface area contributed by atoms with E-state index in [-0.39, 0.29) is 0 Å². The molecule has 2 rings (SSSR count). The van der Waals surface area contributed by atoms with Gasteiger partial charge in [-0.15, -0.1) is 11.3 Å². The lowest BCUT2D eigenvalue weighted by atomic mass is 10.3. The van der Waals surface area contributed by atoms with E-state index in [9.17, 15) is 0 Å². The Morgan fingerprint density at radius 1 is 1.21 bits per heavy atom. The maximum absolute atomic E-state index is 5.68. The topological polar surface area (TPSA) is 12.5 Å². The van der Waals surface area contributed by atoms with Crippen LogP contribution >= 0.6 is 27.3 Å². The van der Waals surface area contributed by atoms with Crippen LogP contribution in [-0.2, 0) is 6.54 Å². The molecule has 2 aromatic rings. The van der Waals surface area contributed by atoms with E-state index >= 15 is 0 Å². The van der Waals surface area contributed by atoms with E-state index in [0.29, 0.717) is 0 Å². The van der Waals surface area contributed by atoms with Gasteiger partial charge in [-0.05, 0) is 53.0 Å². The van der Waals surface area contributed by atoms with Crippen molar-refractivity contribution >= 4 is 27.3 Å². The summed E-state index contributed by atoms with van der Waals surface area (Å²) in [7, 11) is 2.15. The van der Waals surface area contributed by atoms with Gasteiger partial charge in [0.05, 0.1) is 6.61 Å². The quantitative estimate of drug-likeness (QED) is 0.692. The molecule has 1 heterocycles. The van der Waals surface area contributed by atoms with Crippen LogP contribution in [0.25, 0.3) is 0 Å². The number of thiophene rings is 1. The molecular formula is C15H18BrNOS. The Kier molecular flexibility index (Phi) is 5.89. The second kappa shape index (κ2) is 7.68. The SMILES string of the molecule is CN(CCCOc1ccccc1)Cc1sccc1Br. The highest BCUT2D eigenvalue weighted by molar-refractivity contribution is 9.10. The Morgan fingerprint density at radius 2 is 2.00 bits per heavy atom. The zero-order chi connectivity index (χ0) is 13.5. The molecule has 4 heteroatoms. The van der Waals surface area contributed by atoms with Gasteiger partial charge in [0.1, 0.15) is 5.75 Å². The molecule has 0 aliphatic rings. The van der Waals surface area contributed by atoms with Gasteiger partial charge >= 0.3 is 0 Å². The Labute approximate surface area is 127 Å². The van der Waals surface area contributed by atoms with Gasteiger partial charge in [-0.3, -0.25) is 0 Å². The van der Waals surface area contributed by atoms with Crippen molar-refractivity contribution in [3.05, 3.63) is 51.1 Å². The minimum atomic E-state index is 0.764. The van der Waals surface area contributed by atoms with Crippen molar-refractivity contribution in [3.8, 4) is 5.75 Å². The number of nitrogens with zero attached hydrogens (tertiary/aromatic N) is 1. The third kappa shape index (κ3) is 4.97. The van der Waals surface area contributed by atoms with Crippen LogP contribution in [0.3, 0.4) is 0 Å². The summed E-state index contributed by atoms with van der Waals surface area (Å²) in [6, 6.07) is 12.1. The van der Waals surface area contributed by atoms with E-state index in [1.807, 2.05) is 30.3 Å². The third-order valence-electron chi connectivity index (χ3n) is 2.80. The summed E-state index contributed by atoms with van der Waals surface area (Å²) < 4.78 is 6.89. The average molecular weight is 340 g/mol. The van der Waals surface area contributed by atoms with Gasteiger partial charge in [-0.25, -0.2) is 0 Å². The molecule has 0 aliphatic heterocycles. The lowest BCUT2D eigenvalue weighted by Crippen LogP contribution is -2.20. The van der Waals surface area contributed by atoms with Crippen molar-refractivity contribution in [1.29, 1.82) is 0 Å². The number of ether oxygens (including phenoxy) is 1. The largest absolute Gasteiger partial charge is 0.494 e. The number of para-hydroxylation sites is 1. The fraction of sp³-hybridized carbons (Fsp3) is 0.333. The standard InChI is InChI=1S/C15H18BrNOS/c1-17(12-15-14(16)8-11-19-15)9-5-10-18-13-6-3-2-4-7-13/h2-4,6-8,11H,5,9-10,12H2,1H3. The van der Waals surface area contributed by atoms with Gasteiger partial charge in [-0.1, -0.05) is 18.2 Å². The molecule has 102 valence electrons. The van der Waals surface area contributed by atoms with Crippen molar-refractivity contribution < 1.29 is 4.74 Å². The predicted molar refractivity (Wildman–Crippen MR) is 84.9 cm³/mol. The minimum Gasteiger partial charge on any atom is -0.494 e. The van der Waals surface area contributed by atoms with Crippen molar-refractivity contribution in [1.82, 2.24) is 4.90 Å². The second-order valence-electron chi connectivity index (χ2n) is 4.44. The first-order chi connectivity index (χ1) is 9.25. The second-order valence-corrected chi connectivity index (χ2v) is 6.30. The van der Waals surface area contributed by atoms with E-state index in [1.165, 1.54) is 9.35 Å². The molecule has 0 bridgehead atoms. The normalized spacial score (nSPS) is 10.9. The molecule has 0 radical (unpaired) electrons. The Bertz CT molecular complexity index is 486. The maximum Gasteiger partial charge on any atom is 0.119 e. The first kappa shape index (κ1) is 14.6. The molecule has 0 unspecified atom stereocenters. The molecule has 0 fully saturated rings. The fourth-order valence-electron chi connectivity index (χ4n) is 1.80. The molecule has 0 spiro atoms. The van der Waals surface area contributed by atoms with Crippen LogP contribution in [0.4, 0.5) is 0 Å². The van der Waals surface area contributed by atoms with Gasteiger partial charge in [0, 0.05) is 22.4 Å². The average Bonchev–Trinajstić information content (AvgIpc) is 2.82. The van der Waals surface area contributed by atoms with Crippen LogP contribution < -0.4 is 4.74 Å². The van der Waals surface area contributed by atoms with Crippen LogP contribution in [0.1, 0.15) is 11.3 Å². The van der Waals surface area contributed by atoms with E-state index in [2.05, 4.69) is 39.3 Å². The fourth-order valence-corrected chi connectivity index (χ4v) is 3.36. The van der Waals surface area contributed by atoms with Crippen LogP contribution in [0.15, 0.2) is 46.3 Å². The van der Waals surface area contributed by atoms with Crippen molar-refractivity contribution in [3.63, 3.8) is 0 Å². The van der Waals surface area contributed by atoms with Crippen molar-refractivity contribution in [2.75, 3.05) is 20.2 Å². The number of benzene rings is 1. The molecule has 0 aliphatic carbocycles. The molecular weight excluding hydrogens is 322 g/mol. The van der Waals surface area contributed by atoms with Gasteiger partial charge in [0.25, 0.3) is 0 Å². The van der Waals surface area contributed by atoms with Crippen molar-refractivity contribution in [2.24, 2.45) is 0 Å². The lowest BCUT2D eigenvalue weighted by Gasteiger charge is -2.16. The minimum absolute atomic E-state index is 0.764. The summed E-state index contributed by atoms with van der Waals surface area (Å²) in [6.07, 6.45) is 1.04. The molecule has 0 atom stereocenters. The molecule has 0 saturated carbocycles. The number of halogens is 1. The molecule has 19 heavy (non-hydrogen) atoms. The smallest absolute Gasteiger partial charge is 0.119 e. The maximum atomic E-state index is 5.68. The molecule has 1 aromatic carbocycles. The first-order valence-corrected chi connectivity index (χ1v) is 8.01. The Hall–Kier alpha value is -0.840. The number of hydrogen-bond acceptors (Lipinski definition) is 3. The highest BCUT2D eigenvalue weighted by Crippen LogP contribution is 2.23. The molecule has 0 amide bonds. The summed E-state index contributed by atoms with van der Waals surface area (Å²) in [5.41, 5.74) is 0.